The molecule has 2 unspecified atom stereocenters. The van der Waals surface area contributed by atoms with Crippen LogP contribution in [0, 0.1) is 5.92 Å². The second-order valence-corrected chi connectivity index (χ2v) is 5.31. The molecule has 2 fully saturated rings. The second kappa shape index (κ2) is 4.34. The monoisotopic (exact) mass is 226 g/mol. The van der Waals surface area contributed by atoms with Gasteiger partial charge in [-0.25, -0.2) is 0 Å². The fourth-order valence-corrected chi connectivity index (χ4v) is 2.87. The highest BCUT2D eigenvalue weighted by atomic mass is 16.3. The lowest BCUT2D eigenvalue weighted by Gasteiger charge is -2.47. The van der Waals surface area contributed by atoms with Crippen molar-refractivity contribution in [1.29, 1.82) is 0 Å². The summed E-state index contributed by atoms with van der Waals surface area (Å²) in [6.45, 7) is 6.12. The molecule has 1 amide bonds. The molecule has 2 aliphatic rings. The van der Waals surface area contributed by atoms with Crippen LogP contribution in [0.1, 0.15) is 33.1 Å². The van der Waals surface area contributed by atoms with Gasteiger partial charge in [0.1, 0.15) is 0 Å². The zero-order valence-corrected chi connectivity index (χ0v) is 10.2. The Morgan fingerprint density at radius 3 is 2.75 bits per heavy atom. The van der Waals surface area contributed by atoms with E-state index in [9.17, 15) is 9.90 Å². The zero-order chi connectivity index (χ0) is 11.8. The van der Waals surface area contributed by atoms with Gasteiger partial charge in [0.25, 0.3) is 0 Å². The van der Waals surface area contributed by atoms with Crippen LogP contribution in [0.3, 0.4) is 0 Å². The van der Waals surface area contributed by atoms with E-state index in [1.807, 2.05) is 4.90 Å². The third kappa shape index (κ3) is 2.09. The van der Waals surface area contributed by atoms with Gasteiger partial charge in [0.15, 0.2) is 0 Å². The summed E-state index contributed by atoms with van der Waals surface area (Å²) in [5.41, 5.74) is -0.598. The van der Waals surface area contributed by atoms with Crippen molar-refractivity contribution in [3.8, 4) is 0 Å². The highest BCUT2D eigenvalue weighted by molar-refractivity contribution is 5.81. The molecule has 0 saturated carbocycles. The minimum atomic E-state index is -0.598. The predicted octanol–water partition coefficient (Wildman–Crippen LogP) is 0.358. The van der Waals surface area contributed by atoms with Crippen LogP contribution >= 0.6 is 0 Å². The highest BCUT2D eigenvalue weighted by Crippen LogP contribution is 2.29. The Kier molecular flexibility index (Phi) is 3.22. The summed E-state index contributed by atoms with van der Waals surface area (Å²) < 4.78 is 0. The van der Waals surface area contributed by atoms with Gasteiger partial charge in [0.2, 0.25) is 5.91 Å². The van der Waals surface area contributed by atoms with Crippen LogP contribution < -0.4 is 5.32 Å². The third-order valence-corrected chi connectivity index (χ3v) is 3.84. The van der Waals surface area contributed by atoms with Crippen molar-refractivity contribution >= 4 is 5.91 Å². The lowest BCUT2D eigenvalue weighted by atomic mass is 9.87. The van der Waals surface area contributed by atoms with E-state index >= 15 is 0 Å². The molecule has 0 bridgehead atoms. The Bertz CT molecular complexity index is 274. The topological polar surface area (TPSA) is 52.6 Å². The number of nitrogens with zero attached hydrogens (tertiary/aromatic N) is 1. The fourth-order valence-electron chi connectivity index (χ4n) is 2.87. The molecule has 0 radical (unpaired) electrons. The molecule has 0 aromatic rings. The Labute approximate surface area is 97.0 Å². The first-order valence-corrected chi connectivity index (χ1v) is 6.30. The van der Waals surface area contributed by atoms with Gasteiger partial charge in [0, 0.05) is 6.04 Å². The number of β-amino-alcohol motifs (C(OH)–C–C–N with tert-alkyl or cyclic N) is 1. The number of aliphatic hydroxyl groups is 1. The number of carbonyl (C=O) groups excluding carboxylic acids is 1. The van der Waals surface area contributed by atoms with Gasteiger partial charge < -0.3 is 15.3 Å². The summed E-state index contributed by atoms with van der Waals surface area (Å²) in [4.78, 5) is 13.9. The minimum absolute atomic E-state index is 0.117. The van der Waals surface area contributed by atoms with Crippen molar-refractivity contribution < 1.29 is 9.90 Å². The number of rotatable bonds is 3. The molecule has 0 aromatic heterocycles. The first-order chi connectivity index (χ1) is 7.56. The summed E-state index contributed by atoms with van der Waals surface area (Å²) in [7, 11) is 0. The molecular weight excluding hydrogens is 204 g/mol. The molecule has 2 atom stereocenters. The van der Waals surface area contributed by atoms with Gasteiger partial charge in [-0.2, -0.15) is 0 Å². The van der Waals surface area contributed by atoms with E-state index < -0.39 is 5.60 Å². The summed E-state index contributed by atoms with van der Waals surface area (Å²) in [6, 6.07) is 0.285. The Morgan fingerprint density at radius 1 is 1.56 bits per heavy atom. The largest absolute Gasteiger partial charge is 0.386 e. The van der Waals surface area contributed by atoms with E-state index in [-0.39, 0.29) is 17.9 Å². The van der Waals surface area contributed by atoms with Gasteiger partial charge in [-0.1, -0.05) is 13.3 Å². The molecule has 92 valence electrons. The van der Waals surface area contributed by atoms with Gasteiger partial charge in [0.05, 0.1) is 24.6 Å². The fraction of sp³-hybridized carbons (Fsp3) is 0.917. The molecule has 2 saturated heterocycles. The SMILES string of the molecule is CCCC1(O)CN(C(=O)C2CCNC2C)C1. The zero-order valence-electron chi connectivity index (χ0n) is 10.2. The van der Waals surface area contributed by atoms with Gasteiger partial charge in [-0.3, -0.25) is 4.79 Å². The Morgan fingerprint density at radius 2 is 2.25 bits per heavy atom. The molecule has 0 spiro atoms. The Hall–Kier alpha value is -0.610. The van der Waals surface area contributed by atoms with Crippen LogP contribution in [-0.4, -0.2) is 47.2 Å². The van der Waals surface area contributed by atoms with Crippen molar-refractivity contribution in [2.24, 2.45) is 5.92 Å². The summed E-state index contributed by atoms with van der Waals surface area (Å²) in [5.74, 6) is 0.337. The van der Waals surface area contributed by atoms with Crippen molar-refractivity contribution in [1.82, 2.24) is 10.2 Å². The molecule has 2 heterocycles. The van der Waals surface area contributed by atoms with Crippen molar-refractivity contribution in [2.75, 3.05) is 19.6 Å². The predicted molar refractivity (Wildman–Crippen MR) is 62.0 cm³/mol. The molecule has 0 aromatic carbocycles. The van der Waals surface area contributed by atoms with E-state index in [1.165, 1.54) is 0 Å². The first-order valence-electron chi connectivity index (χ1n) is 6.30. The van der Waals surface area contributed by atoms with E-state index in [2.05, 4.69) is 19.2 Å². The molecule has 2 rings (SSSR count). The molecular formula is C12H22N2O2. The summed E-state index contributed by atoms with van der Waals surface area (Å²) in [6.07, 6.45) is 2.71. The van der Waals surface area contributed by atoms with Crippen LogP contribution in [-0.2, 0) is 4.79 Å². The number of nitrogens with one attached hydrogen (secondary N) is 1. The molecule has 2 aliphatic heterocycles. The van der Waals surface area contributed by atoms with Crippen LogP contribution in [0.5, 0.6) is 0 Å². The van der Waals surface area contributed by atoms with Crippen LogP contribution in [0.2, 0.25) is 0 Å². The molecule has 0 aliphatic carbocycles. The normalized spacial score (nSPS) is 32.6. The molecule has 4 nitrogen and oxygen atoms in total. The third-order valence-electron chi connectivity index (χ3n) is 3.84. The van der Waals surface area contributed by atoms with E-state index in [1.54, 1.807) is 0 Å². The number of hydrogen-bond donors (Lipinski definition) is 2. The van der Waals surface area contributed by atoms with Crippen molar-refractivity contribution in [3.05, 3.63) is 0 Å². The average molecular weight is 226 g/mol. The standard InChI is InChI=1S/C12H22N2O2/c1-3-5-12(16)7-14(8-12)11(15)10-4-6-13-9(10)2/h9-10,13,16H,3-8H2,1-2H3. The van der Waals surface area contributed by atoms with Gasteiger partial charge >= 0.3 is 0 Å². The summed E-state index contributed by atoms with van der Waals surface area (Å²) >= 11 is 0. The number of hydrogen-bond acceptors (Lipinski definition) is 3. The van der Waals surface area contributed by atoms with Gasteiger partial charge in [-0.15, -0.1) is 0 Å². The smallest absolute Gasteiger partial charge is 0.227 e. The number of amides is 1. The lowest BCUT2D eigenvalue weighted by molar-refractivity contribution is -0.160. The van der Waals surface area contributed by atoms with E-state index in [0.29, 0.717) is 13.1 Å². The van der Waals surface area contributed by atoms with Crippen molar-refractivity contribution in [2.45, 2.75) is 44.8 Å². The first kappa shape index (κ1) is 11.9. The molecule has 4 heteroatoms. The maximum Gasteiger partial charge on any atom is 0.227 e. The molecule has 16 heavy (non-hydrogen) atoms. The van der Waals surface area contributed by atoms with Crippen LogP contribution in [0.25, 0.3) is 0 Å². The summed E-state index contributed by atoms with van der Waals surface area (Å²) in [5, 5.41) is 13.3. The van der Waals surface area contributed by atoms with E-state index in [4.69, 9.17) is 0 Å². The maximum absolute atomic E-state index is 12.1. The molecule has 2 N–H and O–H groups in total. The Balaban J connectivity index is 1.85. The minimum Gasteiger partial charge on any atom is -0.386 e. The lowest BCUT2D eigenvalue weighted by Crippen LogP contribution is -2.64. The quantitative estimate of drug-likeness (QED) is 0.730. The van der Waals surface area contributed by atoms with Crippen LogP contribution in [0.4, 0.5) is 0 Å². The highest BCUT2D eigenvalue weighted by Gasteiger charge is 2.45. The van der Waals surface area contributed by atoms with E-state index in [0.717, 1.165) is 25.8 Å². The van der Waals surface area contributed by atoms with Gasteiger partial charge in [-0.05, 0) is 26.3 Å². The van der Waals surface area contributed by atoms with Crippen LogP contribution in [0.15, 0.2) is 0 Å². The number of carbonyl (C=O) groups is 1. The maximum atomic E-state index is 12.1. The second-order valence-electron chi connectivity index (χ2n) is 5.31. The number of likely N-dealkylation sites (tertiary alicyclic amines) is 1. The average Bonchev–Trinajstić information content (AvgIpc) is 2.60. The van der Waals surface area contributed by atoms with Crippen molar-refractivity contribution in [3.63, 3.8) is 0 Å².